The van der Waals surface area contributed by atoms with E-state index in [9.17, 15) is 32.8 Å². The highest BCUT2D eigenvalue weighted by molar-refractivity contribution is 6.01. The molecule has 0 saturated carbocycles. The SMILES string of the molecule is N[C@H](CNC(=O)c1cc(F)cc2c1NCCC2)C(=O)O.O=C(N[C@H](CNC(=O)c1cc(F)cc2c1NCCC2)C(=O)OCc1ccccc1)OCc1ccccc1. The number of nitrogens with two attached hydrogens (primary N) is 1. The van der Waals surface area contributed by atoms with E-state index in [4.69, 9.17) is 20.3 Å². The van der Waals surface area contributed by atoms with E-state index in [1.54, 1.807) is 24.3 Å². The van der Waals surface area contributed by atoms with Gasteiger partial charge in [-0.1, -0.05) is 60.7 Å². The van der Waals surface area contributed by atoms with E-state index in [0.29, 0.717) is 37.3 Å². The van der Waals surface area contributed by atoms with E-state index in [1.165, 1.54) is 12.1 Å². The number of rotatable bonds is 13. The van der Waals surface area contributed by atoms with Gasteiger partial charge in [0, 0.05) is 26.2 Å². The summed E-state index contributed by atoms with van der Waals surface area (Å²) in [5.41, 5.74) is 9.82. The molecule has 4 aromatic rings. The van der Waals surface area contributed by atoms with Crippen molar-refractivity contribution in [1.29, 1.82) is 0 Å². The minimum absolute atomic E-state index is 0.00587. The molecular formula is C41H44F2N6O8. The number of aliphatic carboxylic acids is 1. The number of carboxylic acid groups (broad SMARTS) is 1. The van der Waals surface area contributed by atoms with E-state index in [-0.39, 0.29) is 37.4 Å². The van der Waals surface area contributed by atoms with E-state index in [0.717, 1.165) is 47.2 Å². The van der Waals surface area contributed by atoms with Crippen molar-refractivity contribution in [2.24, 2.45) is 5.73 Å². The fourth-order valence-electron chi connectivity index (χ4n) is 6.09. The molecule has 2 aliphatic rings. The predicted octanol–water partition coefficient (Wildman–Crippen LogP) is 4.28. The molecule has 16 heteroatoms. The monoisotopic (exact) mass is 786 g/mol. The highest BCUT2D eigenvalue weighted by atomic mass is 19.1. The summed E-state index contributed by atoms with van der Waals surface area (Å²) in [5.74, 6) is -4.07. The zero-order chi connectivity index (χ0) is 40.7. The molecule has 4 aromatic carbocycles. The smallest absolute Gasteiger partial charge is 0.408 e. The van der Waals surface area contributed by atoms with Crippen LogP contribution in [0.3, 0.4) is 0 Å². The molecule has 2 atom stereocenters. The quantitative estimate of drug-likeness (QED) is 0.0952. The zero-order valence-electron chi connectivity index (χ0n) is 30.9. The summed E-state index contributed by atoms with van der Waals surface area (Å²) >= 11 is 0. The number of hydrogen-bond acceptors (Lipinski definition) is 10. The lowest BCUT2D eigenvalue weighted by Gasteiger charge is -2.22. The maximum absolute atomic E-state index is 14.1. The molecule has 0 aromatic heterocycles. The second-order valence-electron chi connectivity index (χ2n) is 13.3. The number of anilines is 2. The van der Waals surface area contributed by atoms with Crippen molar-refractivity contribution < 1.29 is 47.3 Å². The number of nitrogens with one attached hydrogen (secondary N) is 5. The number of benzene rings is 4. The van der Waals surface area contributed by atoms with Gasteiger partial charge in [-0.05, 0) is 72.2 Å². The minimum atomic E-state index is -1.23. The zero-order valence-corrected chi connectivity index (χ0v) is 30.9. The van der Waals surface area contributed by atoms with Gasteiger partial charge in [0.2, 0.25) is 0 Å². The molecule has 0 saturated heterocycles. The van der Waals surface area contributed by atoms with Crippen LogP contribution in [0.1, 0.15) is 55.8 Å². The second-order valence-corrected chi connectivity index (χ2v) is 13.3. The van der Waals surface area contributed by atoms with E-state index in [2.05, 4.69) is 26.6 Å². The second kappa shape index (κ2) is 20.4. The molecule has 300 valence electrons. The molecular weight excluding hydrogens is 742 g/mol. The Hall–Kier alpha value is -6.55. The third kappa shape index (κ3) is 12.2. The van der Waals surface area contributed by atoms with E-state index < -0.39 is 53.6 Å². The van der Waals surface area contributed by atoms with Crippen LogP contribution in [0.15, 0.2) is 84.9 Å². The van der Waals surface area contributed by atoms with Gasteiger partial charge in [0.1, 0.15) is 36.9 Å². The summed E-state index contributed by atoms with van der Waals surface area (Å²) in [6.45, 7) is 0.894. The fraction of sp³-hybridized carbons (Fsp3) is 0.293. The highest BCUT2D eigenvalue weighted by Gasteiger charge is 2.26. The number of esters is 1. The van der Waals surface area contributed by atoms with Crippen molar-refractivity contribution in [1.82, 2.24) is 16.0 Å². The Morgan fingerprint density at radius 3 is 1.67 bits per heavy atom. The number of halogens is 2. The minimum Gasteiger partial charge on any atom is -0.480 e. The Balaban J connectivity index is 0.000000261. The average molecular weight is 787 g/mol. The van der Waals surface area contributed by atoms with Crippen LogP contribution in [-0.4, -0.2) is 73.2 Å². The van der Waals surface area contributed by atoms with Crippen molar-refractivity contribution >= 4 is 41.2 Å². The van der Waals surface area contributed by atoms with Gasteiger partial charge in [-0.15, -0.1) is 0 Å². The number of amides is 3. The highest BCUT2D eigenvalue weighted by Crippen LogP contribution is 2.28. The molecule has 0 aliphatic carbocycles. The Kier molecular flexibility index (Phi) is 14.9. The Labute approximate surface area is 327 Å². The first-order valence-electron chi connectivity index (χ1n) is 18.3. The molecule has 0 radical (unpaired) electrons. The number of fused-ring (bicyclic) bond motifs is 2. The molecule has 6 rings (SSSR count). The van der Waals surface area contributed by atoms with Crippen LogP contribution in [0.25, 0.3) is 0 Å². The fourth-order valence-corrected chi connectivity index (χ4v) is 6.09. The number of carbonyl (C=O) groups excluding carboxylic acids is 4. The average Bonchev–Trinajstić information content (AvgIpc) is 3.22. The molecule has 0 bridgehead atoms. The molecule has 3 amide bonds. The maximum atomic E-state index is 14.1. The first-order chi connectivity index (χ1) is 27.5. The lowest BCUT2D eigenvalue weighted by atomic mass is 9.98. The molecule has 0 fully saturated rings. The number of hydrogen-bond donors (Lipinski definition) is 7. The molecule has 8 N–H and O–H groups in total. The lowest BCUT2D eigenvalue weighted by Crippen LogP contribution is -2.49. The van der Waals surface area contributed by atoms with Crippen LogP contribution in [-0.2, 0) is 45.1 Å². The Morgan fingerprint density at radius 2 is 1.18 bits per heavy atom. The summed E-state index contributed by atoms with van der Waals surface area (Å²) in [6.07, 6.45) is 2.23. The third-order valence-corrected chi connectivity index (χ3v) is 8.99. The van der Waals surface area contributed by atoms with Gasteiger partial charge >= 0.3 is 18.0 Å². The van der Waals surface area contributed by atoms with Crippen LogP contribution in [0, 0.1) is 11.6 Å². The van der Waals surface area contributed by atoms with Gasteiger partial charge in [0.25, 0.3) is 11.8 Å². The normalized spacial score (nSPS) is 13.6. The van der Waals surface area contributed by atoms with Crippen molar-refractivity contribution in [3.05, 3.63) is 130 Å². The molecule has 0 unspecified atom stereocenters. The van der Waals surface area contributed by atoms with E-state index >= 15 is 0 Å². The van der Waals surface area contributed by atoms with Crippen molar-refractivity contribution in [2.75, 3.05) is 36.8 Å². The van der Waals surface area contributed by atoms with Gasteiger partial charge in [-0.2, -0.15) is 0 Å². The lowest BCUT2D eigenvalue weighted by molar-refractivity contribution is -0.147. The van der Waals surface area contributed by atoms with Gasteiger partial charge in [0.05, 0.1) is 22.5 Å². The maximum Gasteiger partial charge on any atom is 0.408 e. The van der Waals surface area contributed by atoms with Gasteiger partial charge in [-0.25, -0.2) is 18.4 Å². The molecule has 2 heterocycles. The van der Waals surface area contributed by atoms with Crippen LogP contribution >= 0.6 is 0 Å². The molecule has 57 heavy (non-hydrogen) atoms. The predicted molar refractivity (Wildman–Crippen MR) is 206 cm³/mol. The summed E-state index contributed by atoms with van der Waals surface area (Å²) in [4.78, 5) is 60.9. The van der Waals surface area contributed by atoms with Gasteiger partial charge in [0.15, 0.2) is 0 Å². The number of carboxylic acids is 1. The van der Waals surface area contributed by atoms with Gasteiger partial charge < -0.3 is 46.9 Å². The largest absolute Gasteiger partial charge is 0.480 e. The summed E-state index contributed by atoms with van der Waals surface area (Å²) < 4.78 is 38.3. The molecule has 2 aliphatic heterocycles. The van der Waals surface area contributed by atoms with Crippen LogP contribution in [0.2, 0.25) is 0 Å². The standard InChI is InChI=1S/C28H28FN3O5.C13H16FN3O3/c29-22-14-21-12-7-13-30-25(21)23(15-22)26(33)31-16-24(27(34)36-17-19-8-3-1-4-9-19)32-28(35)37-18-20-10-5-2-6-11-20;14-8-4-7-2-1-3-16-11(7)9(5-8)12(18)17-6-10(15)13(19)20/h1-6,8-11,14-15,24,30H,7,12-13,16-18H2,(H,31,33)(H,32,35);4-5,10,16H,1-3,6,15H2,(H,17,18)(H,19,20)/t24-;10-/m11/s1. The van der Waals surface area contributed by atoms with Crippen LogP contribution in [0.4, 0.5) is 25.0 Å². The number of carbonyl (C=O) groups is 5. The van der Waals surface area contributed by atoms with Crippen molar-refractivity contribution in [3.63, 3.8) is 0 Å². The van der Waals surface area contributed by atoms with E-state index in [1.807, 2.05) is 36.4 Å². The Morgan fingerprint density at radius 1 is 0.702 bits per heavy atom. The molecule has 14 nitrogen and oxygen atoms in total. The molecule has 0 spiro atoms. The summed E-state index contributed by atoms with van der Waals surface area (Å²) in [6, 6.07) is 20.8. The van der Waals surface area contributed by atoms with Crippen molar-refractivity contribution in [3.8, 4) is 0 Å². The number of alkyl carbamates (subject to hydrolysis) is 1. The number of aryl methyl sites for hydroxylation is 2. The topological polar surface area (TPSA) is 210 Å². The Bertz CT molecular complexity index is 2050. The summed E-state index contributed by atoms with van der Waals surface area (Å²) in [5, 5.41) is 22.4. The first kappa shape index (κ1) is 41.6. The third-order valence-electron chi connectivity index (χ3n) is 8.99. The van der Waals surface area contributed by atoms with Crippen LogP contribution < -0.4 is 32.3 Å². The van der Waals surface area contributed by atoms with Crippen molar-refractivity contribution in [2.45, 2.75) is 51.0 Å². The van der Waals surface area contributed by atoms with Crippen LogP contribution in [0.5, 0.6) is 0 Å². The summed E-state index contributed by atoms with van der Waals surface area (Å²) in [7, 11) is 0. The number of ether oxygens (including phenoxy) is 2. The van der Waals surface area contributed by atoms with Gasteiger partial charge in [-0.3, -0.25) is 14.4 Å². The first-order valence-corrected chi connectivity index (χ1v) is 18.3.